The second kappa shape index (κ2) is 8.52. The number of esters is 1. The molecule has 1 atom stereocenters. The zero-order chi connectivity index (χ0) is 17.4. The molecule has 24 heavy (non-hydrogen) atoms. The Morgan fingerprint density at radius 2 is 1.96 bits per heavy atom. The summed E-state index contributed by atoms with van der Waals surface area (Å²) in [5, 5.41) is 5.24. The van der Waals surface area contributed by atoms with Crippen LogP contribution in [-0.2, 0) is 25.7 Å². The molecule has 1 heterocycles. The highest BCUT2D eigenvalue weighted by Crippen LogP contribution is 2.08. The van der Waals surface area contributed by atoms with Gasteiger partial charge in [-0.1, -0.05) is 37.3 Å². The number of ketones is 1. The van der Waals surface area contributed by atoms with Gasteiger partial charge in [0.25, 0.3) is 0 Å². The molecule has 0 bridgehead atoms. The Kier molecular flexibility index (Phi) is 6.13. The summed E-state index contributed by atoms with van der Waals surface area (Å²) in [6.45, 7) is 1.68. The summed E-state index contributed by atoms with van der Waals surface area (Å²) in [4.78, 5) is 34.8. The number of carbonyl (C=O) groups is 3. The molecule has 0 saturated heterocycles. The fraction of sp³-hybridized carbons (Fsp3) is 0.235. The van der Waals surface area contributed by atoms with E-state index in [9.17, 15) is 14.4 Å². The van der Waals surface area contributed by atoms with Gasteiger partial charge in [0.1, 0.15) is 6.61 Å². The maximum Gasteiger partial charge on any atom is 0.411 e. The SMILES string of the molecule is CCC(=O)C(=O)OC1NC=CC=C1NC(=O)OCc1ccccc1. The van der Waals surface area contributed by atoms with Gasteiger partial charge in [0.15, 0.2) is 0 Å². The summed E-state index contributed by atoms with van der Waals surface area (Å²) in [5.41, 5.74) is 1.12. The number of allylic oxidation sites excluding steroid dienone is 2. The van der Waals surface area contributed by atoms with Crippen LogP contribution in [0.3, 0.4) is 0 Å². The van der Waals surface area contributed by atoms with Crippen LogP contribution in [0, 0.1) is 0 Å². The van der Waals surface area contributed by atoms with E-state index >= 15 is 0 Å². The Bertz CT molecular complexity index is 667. The molecule has 2 rings (SSSR count). The number of alkyl carbamates (subject to hydrolysis) is 1. The van der Waals surface area contributed by atoms with Crippen LogP contribution < -0.4 is 10.6 Å². The summed E-state index contributed by atoms with van der Waals surface area (Å²) >= 11 is 0. The lowest BCUT2D eigenvalue weighted by Crippen LogP contribution is -2.42. The van der Waals surface area contributed by atoms with Gasteiger partial charge in [-0.3, -0.25) is 10.1 Å². The fourth-order valence-corrected chi connectivity index (χ4v) is 1.87. The number of ether oxygens (including phenoxy) is 2. The molecule has 2 N–H and O–H groups in total. The second-order valence-electron chi connectivity index (χ2n) is 4.90. The van der Waals surface area contributed by atoms with Gasteiger partial charge in [0.05, 0.1) is 5.70 Å². The number of hydrogen-bond acceptors (Lipinski definition) is 6. The van der Waals surface area contributed by atoms with Crippen LogP contribution in [0.1, 0.15) is 18.9 Å². The van der Waals surface area contributed by atoms with E-state index in [1.807, 2.05) is 30.3 Å². The first-order chi connectivity index (χ1) is 11.6. The molecule has 126 valence electrons. The first-order valence-electron chi connectivity index (χ1n) is 7.44. The molecule has 1 aromatic rings. The van der Waals surface area contributed by atoms with Crippen molar-refractivity contribution in [3.63, 3.8) is 0 Å². The van der Waals surface area contributed by atoms with Gasteiger partial charge in [-0.05, 0) is 23.9 Å². The molecular weight excluding hydrogens is 312 g/mol. The maximum atomic E-state index is 11.9. The molecule has 1 aliphatic rings. The lowest BCUT2D eigenvalue weighted by atomic mass is 10.2. The summed E-state index contributed by atoms with van der Waals surface area (Å²) in [6.07, 6.45) is 3.11. The smallest absolute Gasteiger partial charge is 0.411 e. The van der Waals surface area contributed by atoms with Crippen LogP contribution in [0.15, 0.2) is 54.4 Å². The normalized spacial score (nSPS) is 15.7. The molecule has 0 fully saturated rings. The number of carbonyl (C=O) groups excluding carboxylic acids is 3. The Balaban J connectivity index is 1.89. The number of Topliss-reactive ketones (excluding diaryl/α,β-unsaturated/α-hetero) is 1. The topological polar surface area (TPSA) is 93.7 Å². The fourth-order valence-electron chi connectivity index (χ4n) is 1.87. The molecule has 7 nitrogen and oxygen atoms in total. The van der Waals surface area contributed by atoms with Gasteiger partial charge in [0, 0.05) is 6.42 Å². The number of benzene rings is 1. The van der Waals surface area contributed by atoms with Crippen LogP contribution in [0.2, 0.25) is 0 Å². The highest BCUT2D eigenvalue weighted by molar-refractivity contribution is 6.33. The number of nitrogens with one attached hydrogen (secondary N) is 2. The van der Waals surface area contributed by atoms with Crippen molar-refractivity contribution in [2.45, 2.75) is 26.2 Å². The molecular formula is C17H18N2O5. The average molecular weight is 330 g/mol. The van der Waals surface area contributed by atoms with Gasteiger partial charge < -0.3 is 14.8 Å². The molecule has 0 radical (unpaired) electrons. The van der Waals surface area contributed by atoms with E-state index < -0.39 is 24.1 Å². The third-order valence-electron chi connectivity index (χ3n) is 3.13. The van der Waals surface area contributed by atoms with Gasteiger partial charge in [-0.2, -0.15) is 0 Å². The third kappa shape index (κ3) is 4.98. The Labute approximate surface area is 139 Å². The summed E-state index contributed by atoms with van der Waals surface area (Å²) in [6, 6.07) is 9.21. The average Bonchev–Trinajstić information content (AvgIpc) is 2.61. The highest BCUT2D eigenvalue weighted by Gasteiger charge is 2.24. The van der Waals surface area contributed by atoms with Gasteiger partial charge in [0.2, 0.25) is 12.0 Å². The molecule has 1 aromatic carbocycles. The summed E-state index contributed by atoms with van der Waals surface area (Å²) in [5.74, 6) is -1.60. The summed E-state index contributed by atoms with van der Waals surface area (Å²) in [7, 11) is 0. The number of dihydropyridines is 1. The highest BCUT2D eigenvalue weighted by atomic mass is 16.6. The summed E-state index contributed by atoms with van der Waals surface area (Å²) < 4.78 is 10.1. The molecule has 1 aliphatic heterocycles. The van der Waals surface area contributed by atoms with Gasteiger partial charge in [-0.15, -0.1) is 0 Å². The van der Waals surface area contributed by atoms with Crippen molar-refractivity contribution in [1.82, 2.24) is 10.6 Å². The van der Waals surface area contributed by atoms with Crippen LogP contribution in [0.4, 0.5) is 4.79 Å². The van der Waals surface area contributed by atoms with E-state index in [2.05, 4.69) is 10.6 Å². The minimum Gasteiger partial charge on any atom is -0.444 e. The zero-order valence-corrected chi connectivity index (χ0v) is 13.2. The Morgan fingerprint density at radius 1 is 1.21 bits per heavy atom. The van der Waals surface area contributed by atoms with Crippen LogP contribution in [0.5, 0.6) is 0 Å². The molecule has 1 amide bonds. The Hall–Kier alpha value is -3.09. The lowest BCUT2D eigenvalue weighted by Gasteiger charge is -2.23. The van der Waals surface area contributed by atoms with E-state index in [-0.39, 0.29) is 18.7 Å². The first kappa shape index (κ1) is 17.3. The van der Waals surface area contributed by atoms with E-state index in [1.165, 1.54) is 6.20 Å². The van der Waals surface area contributed by atoms with Crippen molar-refractivity contribution < 1.29 is 23.9 Å². The van der Waals surface area contributed by atoms with Crippen LogP contribution >= 0.6 is 0 Å². The Morgan fingerprint density at radius 3 is 2.67 bits per heavy atom. The standard InChI is InChI=1S/C17H18N2O5/c1-2-14(20)16(21)24-15-13(9-6-10-18-15)19-17(22)23-11-12-7-4-3-5-8-12/h3-10,15,18H,2,11H2,1H3,(H,19,22). The van der Waals surface area contributed by atoms with Gasteiger partial charge >= 0.3 is 12.1 Å². The molecule has 0 saturated carbocycles. The first-order valence-corrected chi connectivity index (χ1v) is 7.44. The quantitative estimate of drug-likeness (QED) is 0.610. The number of rotatable bonds is 6. The van der Waals surface area contributed by atoms with Crippen LogP contribution in [-0.4, -0.2) is 24.1 Å². The predicted molar refractivity (Wildman–Crippen MR) is 85.3 cm³/mol. The number of amides is 1. The monoisotopic (exact) mass is 330 g/mol. The van der Waals surface area contributed by atoms with Crippen molar-refractivity contribution in [1.29, 1.82) is 0 Å². The molecule has 1 unspecified atom stereocenters. The molecule has 7 heteroatoms. The van der Waals surface area contributed by atoms with E-state index in [0.29, 0.717) is 0 Å². The maximum absolute atomic E-state index is 11.9. The molecule has 0 aromatic heterocycles. The van der Waals surface area contributed by atoms with Crippen molar-refractivity contribution >= 4 is 17.8 Å². The van der Waals surface area contributed by atoms with E-state index in [0.717, 1.165) is 5.56 Å². The van der Waals surface area contributed by atoms with Crippen molar-refractivity contribution in [3.8, 4) is 0 Å². The van der Waals surface area contributed by atoms with E-state index in [4.69, 9.17) is 9.47 Å². The van der Waals surface area contributed by atoms with Crippen molar-refractivity contribution in [2.24, 2.45) is 0 Å². The number of hydrogen-bond donors (Lipinski definition) is 2. The third-order valence-corrected chi connectivity index (χ3v) is 3.13. The lowest BCUT2D eigenvalue weighted by molar-refractivity contribution is -0.157. The van der Waals surface area contributed by atoms with Gasteiger partial charge in [-0.25, -0.2) is 9.59 Å². The zero-order valence-electron chi connectivity index (χ0n) is 13.2. The van der Waals surface area contributed by atoms with E-state index in [1.54, 1.807) is 19.1 Å². The predicted octanol–water partition coefficient (Wildman–Crippen LogP) is 1.76. The second-order valence-corrected chi connectivity index (χ2v) is 4.90. The minimum absolute atomic E-state index is 0.0486. The van der Waals surface area contributed by atoms with Crippen molar-refractivity contribution in [3.05, 3.63) is 59.9 Å². The van der Waals surface area contributed by atoms with Crippen LogP contribution in [0.25, 0.3) is 0 Å². The molecule has 0 aliphatic carbocycles. The minimum atomic E-state index is -0.962. The largest absolute Gasteiger partial charge is 0.444 e. The molecule has 0 spiro atoms. The van der Waals surface area contributed by atoms with Crippen molar-refractivity contribution in [2.75, 3.05) is 0 Å².